The smallest absolute Gasteiger partial charge is 0.338 e. The molecule has 1 aromatic carbocycles. The summed E-state index contributed by atoms with van der Waals surface area (Å²) >= 11 is 0. The van der Waals surface area contributed by atoms with Crippen LogP contribution in [0, 0.1) is 0 Å². The molecular formula is C28H47NO11. The molecule has 0 aliphatic rings. The molecule has 0 saturated heterocycles. The van der Waals surface area contributed by atoms with Crippen LogP contribution >= 0.6 is 0 Å². The molecule has 2 N–H and O–H groups in total. The lowest BCUT2D eigenvalue weighted by atomic mass is 10.2. The van der Waals surface area contributed by atoms with Gasteiger partial charge in [-0.3, -0.25) is 4.79 Å². The molecule has 0 aliphatic carbocycles. The first-order chi connectivity index (χ1) is 19.6. The molecule has 0 unspecified atom stereocenters. The van der Waals surface area contributed by atoms with Gasteiger partial charge in [0, 0.05) is 12.2 Å². The minimum Gasteiger partial charge on any atom is -0.481 e. The molecule has 0 atom stereocenters. The van der Waals surface area contributed by atoms with Crippen molar-refractivity contribution < 1.29 is 52.6 Å². The van der Waals surface area contributed by atoms with Crippen molar-refractivity contribution in [2.45, 2.75) is 26.2 Å². The zero-order chi connectivity index (χ0) is 28.9. The number of hydrogen-bond donors (Lipinski definition) is 2. The highest BCUT2D eigenvalue weighted by Crippen LogP contribution is 2.10. The molecule has 0 aliphatic heterocycles. The molecule has 1 aromatic rings. The van der Waals surface area contributed by atoms with E-state index >= 15 is 0 Å². The summed E-state index contributed by atoms with van der Waals surface area (Å²) in [5.41, 5.74) is 1.50. The van der Waals surface area contributed by atoms with Gasteiger partial charge in [-0.2, -0.15) is 0 Å². The van der Waals surface area contributed by atoms with Crippen molar-refractivity contribution in [3.05, 3.63) is 29.8 Å². The number of carboxylic acids is 1. The second-order valence-electron chi connectivity index (χ2n) is 8.42. The van der Waals surface area contributed by atoms with Gasteiger partial charge in [0.2, 0.25) is 0 Å². The third-order valence-electron chi connectivity index (χ3n) is 5.13. The number of nitrogens with one attached hydrogen (secondary N) is 1. The third kappa shape index (κ3) is 22.5. The molecule has 0 amide bonds. The van der Waals surface area contributed by atoms with Crippen LogP contribution in [0.5, 0.6) is 0 Å². The van der Waals surface area contributed by atoms with Crippen LogP contribution in [0.4, 0.5) is 5.69 Å². The number of rotatable bonds is 29. The SMILES string of the molecule is CCCCNc1ccc(C(=O)OCCOCCOCCOCCOCCOCCOCCOCCC(=O)O)cc1. The van der Waals surface area contributed by atoms with E-state index < -0.39 is 5.97 Å². The number of ether oxygens (including phenoxy) is 8. The highest BCUT2D eigenvalue weighted by Gasteiger charge is 2.06. The van der Waals surface area contributed by atoms with Crippen LogP contribution in [-0.2, 0) is 42.7 Å². The zero-order valence-electron chi connectivity index (χ0n) is 23.8. The lowest BCUT2D eigenvalue weighted by molar-refractivity contribution is -0.138. The fourth-order valence-corrected chi connectivity index (χ4v) is 2.99. The van der Waals surface area contributed by atoms with E-state index in [4.69, 9.17) is 43.0 Å². The molecule has 0 aromatic heterocycles. The van der Waals surface area contributed by atoms with E-state index in [0.29, 0.717) is 91.5 Å². The summed E-state index contributed by atoms with van der Waals surface area (Å²) < 4.78 is 42.7. The molecule has 0 fully saturated rings. The highest BCUT2D eigenvalue weighted by molar-refractivity contribution is 5.89. The zero-order valence-corrected chi connectivity index (χ0v) is 23.8. The topological polar surface area (TPSA) is 140 Å². The molecule has 0 radical (unpaired) electrons. The first-order valence-corrected chi connectivity index (χ1v) is 13.9. The summed E-state index contributed by atoms with van der Waals surface area (Å²) in [6.07, 6.45) is 2.23. The summed E-state index contributed by atoms with van der Waals surface area (Å²) in [5, 5.41) is 11.8. The second-order valence-corrected chi connectivity index (χ2v) is 8.42. The largest absolute Gasteiger partial charge is 0.481 e. The van der Waals surface area contributed by atoms with Crippen molar-refractivity contribution in [1.82, 2.24) is 0 Å². The van der Waals surface area contributed by atoms with Gasteiger partial charge >= 0.3 is 11.9 Å². The van der Waals surface area contributed by atoms with E-state index in [-0.39, 0.29) is 25.6 Å². The summed E-state index contributed by atoms with van der Waals surface area (Å²) in [7, 11) is 0. The van der Waals surface area contributed by atoms with Crippen LogP contribution in [-0.4, -0.2) is 123 Å². The van der Waals surface area contributed by atoms with Crippen LogP contribution in [0.15, 0.2) is 24.3 Å². The Morgan fingerprint density at radius 2 is 1.02 bits per heavy atom. The number of unbranched alkanes of at least 4 members (excludes halogenated alkanes) is 1. The van der Waals surface area contributed by atoms with Gasteiger partial charge in [-0.25, -0.2) is 4.79 Å². The molecule has 1 rings (SSSR count). The number of anilines is 1. The average molecular weight is 574 g/mol. The Balaban J connectivity index is 1.76. The molecule has 0 spiro atoms. The van der Waals surface area contributed by atoms with Gasteiger partial charge in [0.05, 0.1) is 104 Å². The minimum atomic E-state index is -0.877. The normalized spacial score (nSPS) is 11.0. The van der Waals surface area contributed by atoms with Crippen LogP contribution in [0.3, 0.4) is 0 Å². The molecule has 0 heterocycles. The fraction of sp³-hybridized carbons (Fsp3) is 0.714. The molecule has 0 bridgehead atoms. The van der Waals surface area contributed by atoms with Crippen LogP contribution < -0.4 is 5.32 Å². The summed E-state index contributed by atoms with van der Waals surface area (Å²) in [4.78, 5) is 22.4. The first-order valence-electron chi connectivity index (χ1n) is 13.9. The van der Waals surface area contributed by atoms with E-state index in [1.54, 1.807) is 12.1 Å². The number of carbonyl (C=O) groups is 2. The van der Waals surface area contributed by atoms with Gasteiger partial charge in [0.15, 0.2) is 0 Å². The fourth-order valence-electron chi connectivity index (χ4n) is 2.99. The minimum absolute atomic E-state index is 0.00524. The van der Waals surface area contributed by atoms with Crippen molar-refractivity contribution in [2.75, 3.05) is 111 Å². The Bertz CT molecular complexity index is 733. The molecule has 12 nitrogen and oxygen atoms in total. The lowest BCUT2D eigenvalue weighted by Crippen LogP contribution is -2.15. The van der Waals surface area contributed by atoms with Crippen molar-refractivity contribution >= 4 is 17.6 Å². The van der Waals surface area contributed by atoms with Gasteiger partial charge in [-0.15, -0.1) is 0 Å². The predicted octanol–water partition coefficient (Wildman–Crippen LogP) is 2.65. The van der Waals surface area contributed by atoms with E-state index in [0.717, 1.165) is 25.1 Å². The monoisotopic (exact) mass is 573 g/mol. The van der Waals surface area contributed by atoms with Gasteiger partial charge in [0.1, 0.15) is 6.61 Å². The lowest BCUT2D eigenvalue weighted by Gasteiger charge is -2.09. The first kappa shape index (κ1) is 35.7. The number of carboxylic acid groups (broad SMARTS) is 1. The molecule has 12 heteroatoms. The molecular weight excluding hydrogens is 526 g/mol. The average Bonchev–Trinajstić information content (AvgIpc) is 2.95. The van der Waals surface area contributed by atoms with Gasteiger partial charge in [-0.05, 0) is 30.7 Å². The summed E-state index contributed by atoms with van der Waals surface area (Å²) in [6, 6.07) is 7.26. The number of benzene rings is 1. The number of hydrogen-bond acceptors (Lipinski definition) is 11. The van der Waals surface area contributed by atoms with E-state index in [1.807, 2.05) is 12.1 Å². The van der Waals surface area contributed by atoms with Gasteiger partial charge < -0.3 is 48.3 Å². The summed E-state index contributed by atoms with van der Waals surface area (Å²) in [5.74, 6) is -1.24. The standard InChI is InChI=1S/C28H47NO11/c1-2-3-9-29-26-6-4-25(5-7-26)28(32)40-24-23-39-22-21-38-20-19-37-18-17-36-16-15-35-14-13-34-12-11-33-10-8-27(30)31/h4-7,29H,2-3,8-24H2,1H3,(H,30,31). The van der Waals surface area contributed by atoms with Gasteiger partial charge in [-0.1, -0.05) is 13.3 Å². The van der Waals surface area contributed by atoms with E-state index in [1.165, 1.54) is 0 Å². The van der Waals surface area contributed by atoms with E-state index in [2.05, 4.69) is 12.2 Å². The Labute approximate surface area is 237 Å². The van der Waals surface area contributed by atoms with Crippen LogP contribution in [0.1, 0.15) is 36.5 Å². The Kier molecular flexibility index (Phi) is 24.0. The second kappa shape index (κ2) is 26.9. The van der Waals surface area contributed by atoms with Gasteiger partial charge in [0.25, 0.3) is 0 Å². The number of carbonyl (C=O) groups excluding carboxylic acids is 1. The quantitative estimate of drug-likeness (QED) is 0.108. The number of esters is 1. The van der Waals surface area contributed by atoms with Crippen LogP contribution in [0.25, 0.3) is 0 Å². The molecule has 0 saturated carbocycles. The molecule has 40 heavy (non-hydrogen) atoms. The Hall–Kier alpha value is -2.32. The highest BCUT2D eigenvalue weighted by atomic mass is 16.6. The summed E-state index contributed by atoms with van der Waals surface area (Å²) in [6.45, 7) is 9.01. The Morgan fingerprint density at radius 1 is 0.625 bits per heavy atom. The maximum atomic E-state index is 12.1. The molecule has 230 valence electrons. The maximum absolute atomic E-state index is 12.1. The van der Waals surface area contributed by atoms with Crippen molar-refractivity contribution in [2.24, 2.45) is 0 Å². The third-order valence-corrected chi connectivity index (χ3v) is 5.13. The number of aliphatic carboxylic acids is 1. The van der Waals surface area contributed by atoms with Crippen molar-refractivity contribution in [3.63, 3.8) is 0 Å². The predicted molar refractivity (Wildman–Crippen MR) is 148 cm³/mol. The van der Waals surface area contributed by atoms with E-state index in [9.17, 15) is 9.59 Å². The van der Waals surface area contributed by atoms with Crippen LogP contribution in [0.2, 0.25) is 0 Å². The maximum Gasteiger partial charge on any atom is 0.338 e. The Morgan fingerprint density at radius 3 is 1.43 bits per heavy atom. The van der Waals surface area contributed by atoms with Crippen molar-refractivity contribution in [1.29, 1.82) is 0 Å². The van der Waals surface area contributed by atoms with Crippen molar-refractivity contribution in [3.8, 4) is 0 Å².